The molecular formula is C15H23FN2O2. The molecule has 3 unspecified atom stereocenters. The van der Waals surface area contributed by atoms with Gasteiger partial charge in [-0.2, -0.15) is 0 Å². The monoisotopic (exact) mass is 282 g/mol. The Labute approximate surface area is 119 Å². The van der Waals surface area contributed by atoms with Crippen molar-refractivity contribution in [1.82, 2.24) is 4.90 Å². The van der Waals surface area contributed by atoms with E-state index in [1.807, 2.05) is 19.9 Å². The lowest BCUT2D eigenvalue weighted by atomic mass is 10.0. The summed E-state index contributed by atoms with van der Waals surface area (Å²) >= 11 is 0. The topological polar surface area (TPSA) is 47.7 Å². The van der Waals surface area contributed by atoms with Crippen molar-refractivity contribution in [3.63, 3.8) is 0 Å². The van der Waals surface area contributed by atoms with E-state index in [-0.39, 0.29) is 29.8 Å². The van der Waals surface area contributed by atoms with Gasteiger partial charge in [0.15, 0.2) is 11.6 Å². The molecule has 2 N–H and O–H groups in total. The van der Waals surface area contributed by atoms with Crippen molar-refractivity contribution in [3.8, 4) is 5.75 Å². The highest BCUT2D eigenvalue weighted by atomic mass is 19.1. The van der Waals surface area contributed by atoms with Crippen LogP contribution >= 0.6 is 0 Å². The summed E-state index contributed by atoms with van der Waals surface area (Å²) in [5.74, 6) is -0.0916. The first-order valence-corrected chi connectivity index (χ1v) is 6.98. The molecule has 3 atom stereocenters. The molecule has 1 aliphatic rings. The van der Waals surface area contributed by atoms with Crippen LogP contribution in [0.25, 0.3) is 0 Å². The molecule has 112 valence electrons. The van der Waals surface area contributed by atoms with Gasteiger partial charge in [0.25, 0.3) is 0 Å². The molecule has 1 aliphatic heterocycles. The average Bonchev–Trinajstić information content (AvgIpc) is 2.38. The highest BCUT2D eigenvalue weighted by molar-refractivity contribution is 5.31. The lowest BCUT2D eigenvalue weighted by Crippen LogP contribution is -2.48. The SMILES string of the molecule is COc1ccc(C(CN)N2CC(C)OC(C)C2)cc1F. The van der Waals surface area contributed by atoms with Crippen LogP contribution in [0.4, 0.5) is 4.39 Å². The van der Waals surface area contributed by atoms with Crippen LogP contribution < -0.4 is 10.5 Å². The fourth-order valence-electron chi connectivity index (χ4n) is 2.86. The summed E-state index contributed by atoms with van der Waals surface area (Å²) in [6.07, 6.45) is 0.326. The Hall–Kier alpha value is -1.17. The van der Waals surface area contributed by atoms with Crippen LogP contribution in [0.3, 0.4) is 0 Å². The van der Waals surface area contributed by atoms with E-state index in [0.29, 0.717) is 6.54 Å². The highest BCUT2D eigenvalue weighted by Crippen LogP contribution is 2.27. The summed E-state index contributed by atoms with van der Waals surface area (Å²) in [5.41, 5.74) is 6.79. The van der Waals surface area contributed by atoms with Crippen molar-refractivity contribution in [2.75, 3.05) is 26.7 Å². The summed E-state index contributed by atoms with van der Waals surface area (Å²) in [6.45, 7) is 6.15. The number of nitrogens with two attached hydrogens (primary N) is 1. The van der Waals surface area contributed by atoms with Crippen molar-refractivity contribution in [3.05, 3.63) is 29.6 Å². The van der Waals surface area contributed by atoms with Gasteiger partial charge >= 0.3 is 0 Å². The molecule has 0 spiro atoms. The standard InChI is InChI=1S/C15H23FN2O2/c1-10-8-18(9-11(2)20-10)14(7-17)12-4-5-15(19-3)13(16)6-12/h4-6,10-11,14H,7-9,17H2,1-3H3. The summed E-state index contributed by atoms with van der Waals surface area (Å²) in [6, 6.07) is 5.05. The predicted molar refractivity (Wildman–Crippen MR) is 76.3 cm³/mol. The molecule has 0 aliphatic carbocycles. The van der Waals surface area contributed by atoms with E-state index < -0.39 is 0 Å². The molecule has 0 amide bonds. The Morgan fingerprint density at radius 1 is 1.40 bits per heavy atom. The van der Waals surface area contributed by atoms with Gasteiger partial charge < -0.3 is 15.2 Å². The predicted octanol–water partition coefficient (Wildman–Crippen LogP) is 1.94. The van der Waals surface area contributed by atoms with E-state index in [0.717, 1.165) is 18.7 Å². The lowest BCUT2D eigenvalue weighted by Gasteiger charge is -2.40. The minimum absolute atomic E-state index is 0.00389. The molecule has 0 bridgehead atoms. The normalized spacial score (nSPS) is 25.4. The van der Waals surface area contributed by atoms with Gasteiger partial charge in [-0.05, 0) is 31.5 Å². The summed E-state index contributed by atoms with van der Waals surface area (Å²) in [4.78, 5) is 2.26. The molecule has 1 aromatic carbocycles. The first-order valence-electron chi connectivity index (χ1n) is 6.98. The van der Waals surface area contributed by atoms with Crippen LogP contribution in [0.2, 0.25) is 0 Å². The van der Waals surface area contributed by atoms with Gasteiger partial charge in [-0.3, -0.25) is 4.90 Å². The van der Waals surface area contributed by atoms with Gasteiger partial charge in [0.05, 0.1) is 19.3 Å². The second-order valence-corrected chi connectivity index (χ2v) is 5.36. The molecule has 0 aromatic heterocycles. The summed E-state index contributed by atoms with van der Waals surface area (Å²) in [5, 5.41) is 0. The number of methoxy groups -OCH3 is 1. The van der Waals surface area contributed by atoms with Crippen molar-refractivity contribution in [2.45, 2.75) is 32.1 Å². The molecule has 0 saturated carbocycles. The smallest absolute Gasteiger partial charge is 0.165 e. The molecule has 1 aromatic rings. The van der Waals surface area contributed by atoms with Crippen molar-refractivity contribution in [2.24, 2.45) is 5.73 Å². The number of hydrogen-bond donors (Lipinski definition) is 1. The van der Waals surface area contributed by atoms with E-state index in [1.54, 1.807) is 6.07 Å². The van der Waals surface area contributed by atoms with Gasteiger partial charge in [-0.1, -0.05) is 6.07 Å². The maximum atomic E-state index is 13.9. The third kappa shape index (κ3) is 3.29. The van der Waals surface area contributed by atoms with Crippen LogP contribution in [0.1, 0.15) is 25.5 Å². The molecule has 5 heteroatoms. The average molecular weight is 282 g/mol. The van der Waals surface area contributed by atoms with E-state index in [9.17, 15) is 4.39 Å². The molecule has 20 heavy (non-hydrogen) atoms. The minimum Gasteiger partial charge on any atom is -0.494 e. The Morgan fingerprint density at radius 3 is 2.55 bits per heavy atom. The van der Waals surface area contributed by atoms with E-state index in [1.165, 1.54) is 13.2 Å². The fraction of sp³-hybridized carbons (Fsp3) is 0.600. The van der Waals surface area contributed by atoms with Crippen LogP contribution in [-0.2, 0) is 4.74 Å². The molecule has 1 fully saturated rings. The van der Waals surface area contributed by atoms with Crippen LogP contribution in [0.15, 0.2) is 18.2 Å². The first kappa shape index (κ1) is 15.2. The zero-order valence-corrected chi connectivity index (χ0v) is 12.3. The fourth-order valence-corrected chi connectivity index (χ4v) is 2.86. The quantitative estimate of drug-likeness (QED) is 0.917. The zero-order chi connectivity index (χ0) is 14.7. The number of hydrogen-bond acceptors (Lipinski definition) is 4. The van der Waals surface area contributed by atoms with Gasteiger partial charge in [-0.15, -0.1) is 0 Å². The number of nitrogens with zero attached hydrogens (tertiary/aromatic N) is 1. The summed E-state index contributed by atoms with van der Waals surface area (Å²) < 4.78 is 24.5. The van der Waals surface area contributed by atoms with Gasteiger partial charge in [0, 0.05) is 25.7 Å². The third-order valence-electron chi connectivity index (χ3n) is 3.67. The van der Waals surface area contributed by atoms with Crippen molar-refractivity contribution in [1.29, 1.82) is 0 Å². The maximum absolute atomic E-state index is 13.9. The Bertz CT molecular complexity index is 445. The van der Waals surface area contributed by atoms with E-state index in [2.05, 4.69) is 4.90 Å². The second kappa shape index (κ2) is 6.52. The van der Waals surface area contributed by atoms with Crippen LogP contribution in [0.5, 0.6) is 5.75 Å². The highest BCUT2D eigenvalue weighted by Gasteiger charge is 2.28. The van der Waals surface area contributed by atoms with Crippen LogP contribution in [-0.4, -0.2) is 43.9 Å². The summed E-state index contributed by atoms with van der Waals surface area (Å²) in [7, 11) is 1.46. The van der Waals surface area contributed by atoms with Crippen LogP contribution in [0, 0.1) is 5.82 Å². The van der Waals surface area contributed by atoms with Gasteiger partial charge in [-0.25, -0.2) is 4.39 Å². The lowest BCUT2D eigenvalue weighted by molar-refractivity contribution is -0.0799. The molecule has 1 heterocycles. The molecule has 4 nitrogen and oxygen atoms in total. The largest absolute Gasteiger partial charge is 0.494 e. The molecule has 2 rings (SSSR count). The molecular weight excluding hydrogens is 259 g/mol. The van der Waals surface area contributed by atoms with Crippen molar-refractivity contribution >= 4 is 0 Å². The zero-order valence-electron chi connectivity index (χ0n) is 12.3. The van der Waals surface area contributed by atoms with E-state index in [4.69, 9.17) is 15.2 Å². The van der Waals surface area contributed by atoms with Gasteiger partial charge in [0.2, 0.25) is 0 Å². The Kier molecular flexibility index (Phi) is 4.96. The maximum Gasteiger partial charge on any atom is 0.165 e. The first-order chi connectivity index (χ1) is 9.55. The van der Waals surface area contributed by atoms with E-state index >= 15 is 0 Å². The second-order valence-electron chi connectivity index (χ2n) is 5.36. The van der Waals surface area contributed by atoms with Crippen molar-refractivity contribution < 1.29 is 13.9 Å². The number of ether oxygens (including phenoxy) is 2. The van der Waals surface area contributed by atoms with Gasteiger partial charge in [0.1, 0.15) is 0 Å². The third-order valence-corrected chi connectivity index (χ3v) is 3.67. The Morgan fingerprint density at radius 2 is 2.05 bits per heavy atom. The number of halogens is 1. The minimum atomic E-state index is -0.349. The Balaban J connectivity index is 2.21. The number of rotatable bonds is 4. The molecule has 1 saturated heterocycles. The number of benzene rings is 1. The number of morpholine rings is 1. The molecule has 0 radical (unpaired) electrons.